The Bertz CT molecular complexity index is 1780. The molecular weight excluding hydrogens is 472 g/mol. The Kier molecular flexibility index (Phi) is 6.04. The minimum atomic E-state index is -0.697. The third-order valence-corrected chi connectivity index (χ3v) is 6.11. The van der Waals surface area contributed by atoms with Gasteiger partial charge in [-0.3, -0.25) is 9.36 Å². The van der Waals surface area contributed by atoms with Gasteiger partial charge in [0.15, 0.2) is 5.65 Å². The van der Waals surface area contributed by atoms with E-state index in [1.165, 1.54) is 17.7 Å². The summed E-state index contributed by atoms with van der Waals surface area (Å²) in [5, 5.41) is -0.0130. The van der Waals surface area contributed by atoms with Crippen molar-refractivity contribution in [2.45, 2.75) is 27.3 Å². The second kappa shape index (κ2) is 9.34. The molecule has 0 bridgehead atoms. The second-order valence-electron chi connectivity index (χ2n) is 8.74. The molecule has 0 N–H and O–H groups in total. The third-order valence-electron chi connectivity index (χ3n) is 6.11. The number of rotatable bonds is 5. The lowest BCUT2D eigenvalue weighted by Gasteiger charge is -2.15. The van der Waals surface area contributed by atoms with Crippen LogP contribution in [-0.4, -0.2) is 32.2 Å². The Morgan fingerprint density at radius 1 is 0.973 bits per heavy atom. The van der Waals surface area contributed by atoms with Gasteiger partial charge in [-0.2, -0.15) is 0 Å². The molecule has 5 aromatic rings. The van der Waals surface area contributed by atoms with E-state index in [2.05, 4.69) is 9.97 Å². The van der Waals surface area contributed by atoms with E-state index in [1.54, 1.807) is 38.1 Å². The van der Waals surface area contributed by atoms with Crippen LogP contribution in [0.25, 0.3) is 28.2 Å². The SMILES string of the molecule is COC(=O)c1cc(C)nc2c1c(=O)n(Cc1nc(-c3cccc(C)c3)oc1C)c(=O)n2-c1ccccc1. The lowest BCUT2D eigenvalue weighted by Crippen LogP contribution is -2.41. The number of oxazole rings is 1. The van der Waals surface area contributed by atoms with Gasteiger partial charge in [-0.25, -0.2) is 24.1 Å². The third kappa shape index (κ3) is 4.24. The summed E-state index contributed by atoms with van der Waals surface area (Å²) in [6, 6.07) is 18.0. The van der Waals surface area contributed by atoms with Crippen molar-refractivity contribution in [3.05, 3.63) is 110 Å². The minimum absolute atomic E-state index is 0.0130. The van der Waals surface area contributed by atoms with E-state index in [4.69, 9.17) is 9.15 Å². The number of carbonyl (C=O) groups excluding carboxylic acids is 1. The molecule has 0 aliphatic rings. The number of aryl methyl sites for hydroxylation is 3. The molecule has 186 valence electrons. The monoisotopic (exact) mass is 496 g/mol. The van der Waals surface area contributed by atoms with Gasteiger partial charge in [0, 0.05) is 11.3 Å². The van der Waals surface area contributed by atoms with E-state index in [0.717, 1.165) is 15.7 Å². The Morgan fingerprint density at radius 2 is 1.73 bits per heavy atom. The van der Waals surface area contributed by atoms with Gasteiger partial charge in [0.2, 0.25) is 5.89 Å². The molecule has 3 heterocycles. The Balaban J connectivity index is 1.78. The van der Waals surface area contributed by atoms with Crippen LogP contribution in [0.4, 0.5) is 0 Å². The smallest absolute Gasteiger partial charge is 0.338 e. The predicted octanol–water partition coefficient (Wildman–Crippen LogP) is 3.96. The van der Waals surface area contributed by atoms with Crippen LogP contribution in [0.3, 0.4) is 0 Å². The zero-order valence-electron chi connectivity index (χ0n) is 20.8. The number of aromatic nitrogens is 4. The maximum absolute atomic E-state index is 13.8. The maximum atomic E-state index is 13.8. The standard InChI is InChI=1S/C28H24N4O5/c1-16-9-8-10-19(13-16)25-30-22(18(3)37-25)15-31-26(33)23-21(27(34)36-4)14-17(2)29-24(23)32(28(31)35)20-11-6-5-7-12-20/h5-14H,15H2,1-4H3. The summed E-state index contributed by atoms with van der Waals surface area (Å²) in [7, 11) is 1.24. The van der Waals surface area contributed by atoms with Crippen LogP contribution in [0, 0.1) is 20.8 Å². The lowest BCUT2D eigenvalue weighted by atomic mass is 10.1. The van der Waals surface area contributed by atoms with Gasteiger partial charge in [-0.05, 0) is 51.1 Å². The van der Waals surface area contributed by atoms with E-state index in [9.17, 15) is 14.4 Å². The molecule has 2 aromatic carbocycles. The topological polar surface area (TPSA) is 109 Å². The van der Waals surface area contributed by atoms with Crippen molar-refractivity contribution in [3.8, 4) is 17.1 Å². The molecule has 5 rings (SSSR count). The maximum Gasteiger partial charge on any atom is 0.338 e. The largest absolute Gasteiger partial charge is 0.465 e. The summed E-state index contributed by atoms with van der Waals surface area (Å²) in [6.07, 6.45) is 0. The van der Waals surface area contributed by atoms with E-state index in [0.29, 0.717) is 28.7 Å². The van der Waals surface area contributed by atoms with Crippen molar-refractivity contribution in [3.63, 3.8) is 0 Å². The van der Waals surface area contributed by atoms with Gasteiger partial charge in [0.05, 0.1) is 30.3 Å². The molecule has 0 aliphatic heterocycles. The Hall–Kier alpha value is -4.79. The average Bonchev–Trinajstić information content (AvgIpc) is 3.26. The van der Waals surface area contributed by atoms with Gasteiger partial charge in [-0.15, -0.1) is 0 Å². The normalized spacial score (nSPS) is 11.1. The average molecular weight is 497 g/mol. The first-order valence-corrected chi connectivity index (χ1v) is 11.6. The van der Waals surface area contributed by atoms with Crippen LogP contribution in [0.15, 0.2) is 74.7 Å². The highest BCUT2D eigenvalue weighted by atomic mass is 16.5. The van der Waals surface area contributed by atoms with Crippen LogP contribution in [-0.2, 0) is 11.3 Å². The van der Waals surface area contributed by atoms with Gasteiger partial charge in [0.25, 0.3) is 5.56 Å². The van der Waals surface area contributed by atoms with Crippen molar-refractivity contribution in [2.75, 3.05) is 7.11 Å². The fourth-order valence-corrected chi connectivity index (χ4v) is 4.31. The van der Waals surface area contributed by atoms with Gasteiger partial charge < -0.3 is 9.15 Å². The zero-order chi connectivity index (χ0) is 26.3. The number of esters is 1. The van der Waals surface area contributed by atoms with Gasteiger partial charge in [0.1, 0.15) is 11.5 Å². The molecule has 37 heavy (non-hydrogen) atoms. The highest BCUT2D eigenvalue weighted by Crippen LogP contribution is 2.23. The van der Waals surface area contributed by atoms with Crippen LogP contribution in [0.2, 0.25) is 0 Å². The van der Waals surface area contributed by atoms with Gasteiger partial charge in [-0.1, -0.05) is 35.9 Å². The van der Waals surface area contributed by atoms with Crippen molar-refractivity contribution < 1.29 is 13.9 Å². The molecule has 9 heteroatoms. The Labute approximate surface area is 211 Å². The number of hydrogen-bond acceptors (Lipinski definition) is 7. The first-order valence-electron chi connectivity index (χ1n) is 11.6. The number of benzene rings is 2. The number of pyridine rings is 1. The number of para-hydroxylation sites is 1. The first-order chi connectivity index (χ1) is 17.8. The molecule has 9 nitrogen and oxygen atoms in total. The minimum Gasteiger partial charge on any atom is -0.465 e. The fraction of sp³-hybridized carbons (Fsp3) is 0.179. The van der Waals surface area contributed by atoms with Gasteiger partial charge >= 0.3 is 11.7 Å². The number of methoxy groups -OCH3 is 1. The van der Waals surface area contributed by atoms with Crippen LogP contribution < -0.4 is 11.2 Å². The lowest BCUT2D eigenvalue weighted by molar-refractivity contribution is 0.0602. The summed E-state index contributed by atoms with van der Waals surface area (Å²) < 4.78 is 13.2. The van der Waals surface area contributed by atoms with E-state index < -0.39 is 17.2 Å². The molecule has 0 fully saturated rings. The predicted molar refractivity (Wildman–Crippen MR) is 138 cm³/mol. The van der Waals surface area contributed by atoms with Crippen LogP contribution in [0.5, 0.6) is 0 Å². The number of nitrogens with zero attached hydrogens (tertiary/aromatic N) is 4. The van der Waals surface area contributed by atoms with E-state index in [-0.39, 0.29) is 23.1 Å². The molecule has 0 aliphatic carbocycles. The summed E-state index contributed by atoms with van der Waals surface area (Å²) in [4.78, 5) is 49.3. The quantitative estimate of drug-likeness (QED) is 0.339. The number of hydrogen-bond donors (Lipinski definition) is 0. The molecule has 0 saturated carbocycles. The summed E-state index contributed by atoms with van der Waals surface area (Å²) >= 11 is 0. The highest BCUT2D eigenvalue weighted by molar-refractivity contribution is 6.02. The van der Waals surface area contributed by atoms with E-state index in [1.807, 2.05) is 37.3 Å². The van der Waals surface area contributed by atoms with E-state index >= 15 is 0 Å². The molecule has 0 saturated heterocycles. The molecule has 0 radical (unpaired) electrons. The molecule has 0 atom stereocenters. The summed E-state index contributed by atoms with van der Waals surface area (Å²) in [5.74, 6) is 0.169. The molecule has 0 amide bonds. The number of fused-ring (bicyclic) bond motifs is 1. The summed E-state index contributed by atoms with van der Waals surface area (Å²) in [6.45, 7) is 5.22. The van der Waals surface area contributed by atoms with Crippen LogP contribution in [0.1, 0.15) is 33.1 Å². The fourth-order valence-electron chi connectivity index (χ4n) is 4.31. The van der Waals surface area contributed by atoms with Crippen molar-refractivity contribution in [2.24, 2.45) is 0 Å². The van der Waals surface area contributed by atoms with Crippen molar-refractivity contribution in [1.29, 1.82) is 0 Å². The number of ether oxygens (including phenoxy) is 1. The van der Waals surface area contributed by atoms with Crippen molar-refractivity contribution in [1.82, 2.24) is 19.1 Å². The first kappa shape index (κ1) is 23.9. The number of carbonyl (C=O) groups is 1. The summed E-state index contributed by atoms with van der Waals surface area (Å²) in [5.41, 5.74) is 2.05. The van der Waals surface area contributed by atoms with Crippen LogP contribution >= 0.6 is 0 Å². The highest BCUT2D eigenvalue weighted by Gasteiger charge is 2.24. The Morgan fingerprint density at radius 3 is 2.43 bits per heavy atom. The second-order valence-corrected chi connectivity index (χ2v) is 8.74. The van der Waals surface area contributed by atoms with Crippen molar-refractivity contribution >= 4 is 17.0 Å². The molecular formula is C28H24N4O5. The molecule has 3 aromatic heterocycles. The molecule has 0 spiro atoms. The molecule has 0 unspecified atom stereocenters. The zero-order valence-corrected chi connectivity index (χ0v) is 20.8.